The van der Waals surface area contributed by atoms with Gasteiger partial charge in [0, 0.05) is 10.8 Å². The number of aryl methyl sites for hydroxylation is 3. The molecule has 6 rings (SSSR count). The normalized spacial score (nSPS) is 12.0. The van der Waals surface area contributed by atoms with Gasteiger partial charge in [-0.25, -0.2) is 0 Å². The molecule has 200 valence electrons. The Hall–Kier alpha value is -4.88. The second-order valence-corrected chi connectivity index (χ2v) is 10.8. The summed E-state index contributed by atoms with van der Waals surface area (Å²) in [7, 11) is 0. The molecule has 1 nitrogen and oxygen atoms in total. The molecule has 0 N–H and O–H groups in total. The van der Waals surface area contributed by atoms with E-state index in [2.05, 4.69) is 137 Å². The Labute approximate surface area is 242 Å². The van der Waals surface area contributed by atoms with Gasteiger partial charge in [-0.15, -0.1) is 0 Å². The van der Waals surface area contributed by atoms with Crippen LogP contribution in [0.15, 0.2) is 132 Å². The molecule has 0 saturated heterocycles. The Bertz CT molecular complexity index is 1990. The van der Waals surface area contributed by atoms with Crippen LogP contribution in [0.3, 0.4) is 0 Å². The third-order valence-electron chi connectivity index (χ3n) is 7.94. The largest absolute Gasteiger partial charge is 0.456 e. The molecule has 5 aromatic carbocycles. The van der Waals surface area contributed by atoms with Gasteiger partial charge in [0.15, 0.2) is 0 Å². The summed E-state index contributed by atoms with van der Waals surface area (Å²) in [6.07, 6.45) is 8.11. The van der Waals surface area contributed by atoms with Crippen molar-refractivity contribution >= 4 is 27.5 Å². The molecule has 6 aromatic rings. The van der Waals surface area contributed by atoms with E-state index >= 15 is 0 Å². The molecule has 0 radical (unpaired) electrons. The van der Waals surface area contributed by atoms with Crippen molar-refractivity contribution in [3.05, 3.63) is 150 Å². The van der Waals surface area contributed by atoms with Gasteiger partial charge in [-0.2, -0.15) is 0 Å². The monoisotopic (exact) mass is 530 g/mol. The smallest absolute Gasteiger partial charge is 0.135 e. The van der Waals surface area contributed by atoms with Crippen LogP contribution in [-0.4, -0.2) is 0 Å². The molecular weight excluding hydrogens is 496 g/mol. The zero-order valence-corrected chi connectivity index (χ0v) is 24.2. The second kappa shape index (κ2) is 10.9. The number of furan rings is 1. The maximum absolute atomic E-state index is 6.12. The van der Waals surface area contributed by atoms with Crippen molar-refractivity contribution in [2.45, 2.75) is 27.7 Å². The van der Waals surface area contributed by atoms with Crippen molar-refractivity contribution in [2.75, 3.05) is 0 Å². The van der Waals surface area contributed by atoms with E-state index in [0.717, 1.165) is 27.7 Å². The van der Waals surface area contributed by atoms with Crippen molar-refractivity contribution in [3.63, 3.8) is 0 Å². The highest BCUT2D eigenvalue weighted by molar-refractivity contribution is 6.06. The SMILES string of the molecule is C=C/C(=C\C=C/C)c1cccc(-c2ccc(C)c(-c3cc(-c4ccc5oc6ccc(C)cc6c5c4)ccc3C)c2)c1. The van der Waals surface area contributed by atoms with Crippen LogP contribution in [0.1, 0.15) is 29.2 Å². The maximum Gasteiger partial charge on any atom is 0.135 e. The quantitative estimate of drug-likeness (QED) is 0.195. The maximum atomic E-state index is 6.12. The van der Waals surface area contributed by atoms with E-state index in [1.165, 1.54) is 55.5 Å². The molecule has 0 atom stereocenters. The summed E-state index contributed by atoms with van der Waals surface area (Å²) >= 11 is 0. The van der Waals surface area contributed by atoms with E-state index < -0.39 is 0 Å². The van der Waals surface area contributed by atoms with E-state index in [1.54, 1.807) is 0 Å². The first-order valence-electron chi connectivity index (χ1n) is 14.2. The first-order valence-corrected chi connectivity index (χ1v) is 14.2. The lowest BCUT2D eigenvalue weighted by Gasteiger charge is -2.15. The average molecular weight is 531 g/mol. The standard InChI is InChI=1S/C40H34O/c1-6-8-10-29(7-2)30-11-9-12-31(22-30)32-16-14-27(4)35(23-32)36-24-33(17-15-28(36)5)34-18-20-40-38(25-34)37-21-26(3)13-19-39(37)41-40/h6-25H,2H2,1,3-5H3/b8-6-,29-10+. The molecule has 0 aliphatic heterocycles. The van der Waals surface area contributed by atoms with Crippen LogP contribution in [0.25, 0.3) is 60.9 Å². The van der Waals surface area contributed by atoms with Gasteiger partial charge >= 0.3 is 0 Å². The number of allylic oxidation sites excluding steroid dienone is 5. The van der Waals surface area contributed by atoms with E-state index in [4.69, 9.17) is 4.42 Å². The van der Waals surface area contributed by atoms with Gasteiger partial charge < -0.3 is 4.42 Å². The molecule has 0 aliphatic rings. The van der Waals surface area contributed by atoms with Gasteiger partial charge in [-0.1, -0.05) is 91.0 Å². The van der Waals surface area contributed by atoms with Crippen LogP contribution in [0.2, 0.25) is 0 Å². The molecule has 1 heteroatoms. The molecule has 0 saturated carbocycles. The van der Waals surface area contributed by atoms with Gasteiger partial charge in [-0.05, 0) is 126 Å². The molecule has 0 fully saturated rings. The number of fused-ring (bicyclic) bond motifs is 3. The summed E-state index contributed by atoms with van der Waals surface area (Å²) in [5.41, 5.74) is 15.2. The number of benzene rings is 5. The molecular formula is C40H34O. The van der Waals surface area contributed by atoms with Crippen molar-refractivity contribution in [1.29, 1.82) is 0 Å². The zero-order valence-electron chi connectivity index (χ0n) is 24.2. The van der Waals surface area contributed by atoms with Crippen LogP contribution < -0.4 is 0 Å². The first kappa shape index (κ1) is 26.3. The third-order valence-corrected chi connectivity index (χ3v) is 7.94. The highest BCUT2D eigenvalue weighted by Gasteiger charge is 2.13. The Morgan fingerprint density at radius 1 is 0.634 bits per heavy atom. The summed E-state index contributed by atoms with van der Waals surface area (Å²) < 4.78 is 6.12. The lowest BCUT2D eigenvalue weighted by molar-refractivity contribution is 0.669. The summed E-state index contributed by atoms with van der Waals surface area (Å²) in [4.78, 5) is 0. The minimum atomic E-state index is 0.924. The average Bonchev–Trinajstić information content (AvgIpc) is 3.35. The number of hydrogen-bond donors (Lipinski definition) is 0. The molecule has 1 aromatic heterocycles. The molecule has 0 bridgehead atoms. The van der Waals surface area contributed by atoms with Crippen LogP contribution in [0, 0.1) is 20.8 Å². The first-order chi connectivity index (χ1) is 19.9. The summed E-state index contributed by atoms with van der Waals surface area (Å²) in [5.74, 6) is 0. The fraction of sp³-hybridized carbons (Fsp3) is 0.100. The van der Waals surface area contributed by atoms with Crippen molar-refractivity contribution in [3.8, 4) is 33.4 Å². The number of rotatable bonds is 6. The molecule has 0 aliphatic carbocycles. The lowest BCUT2D eigenvalue weighted by atomic mass is 9.90. The van der Waals surface area contributed by atoms with Crippen molar-refractivity contribution in [2.24, 2.45) is 0 Å². The summed E-state index contributed by atoms with van der Waals surface area (Å²) in [6, 6.07) is 35.2. The molecule has 41 heavy (non-hydrogen) atoms. The lowest BCUT2D eigenvalue weighted by Crippen LogP contribution is -1.91. The van der Waals surface area contributed by atoms with Gasteiger partial charge in [0.1, 0.15) is 11.2 Å². The fourth-order valence-electron chi connectivity index (χ4n) is 5.61. The minimum absolute atomic E-state index is 0.924. The Morgan fingerprint density at radius 3 is 1.88 bits per heavy atom. The fourth-order valence-corrected chi connectivity index (χ4v) is 5.61. The molecule has 0 amide bonds. The topological polar surface area (TPSA) is 13.1 Å². The van der Waals surface area contributed by atoms with Gasteiger partial charge in [0.2, 0.25) is 0 Å². The van der Waals surface area contributed by atoms with Crippen LogP contribution >= 0.6 is 0 Å². The molecule has 0 spiro atoms. The van der Waals surface area contributed by atoms with Gasteiger partial charge in [0.25, 0.3) is 0 Å². The van der Waals surface area contributed by atoms with Gasteiger partial charge in [-0.3, -0.25) is 0 Å². The van der Waals surface area contributed by atoms with Crippen LogP contribution in [0.4, 0.5) is 0 Å². The van der Waals surface area contributed by atoms with E-state index in [-0.39, 0.29) is 0 Å². The Kier molecular flexibility index (Phi) is 7.03. The highest BCUT2D eigenvalue weighted by Crippen LogP contribution is 2.37. The van der Waals surface area contributed by atoms with Crippen molar-refractivity contribution in [1.82, 2.24) is 0 Å². The Balaban J connectivity index is 1.43. The minimum Gasteiger partial charge on any atom is -0.456 e. The van der Waals surface area contributed by atoms with E-state index in [0.29, 0.717) is 0 Å². The highest BCUT2D eigenvalue weighted by atomic mass is 16.3. The van der Waals surface area contributed by atoms with Crippen LogP contribution in [0.5, 0.6) is 0 Å². The second-order valence-electron chi connectivity index (χ2n) is 10.8. The summed E-state index contributed by atoms with van der Waals surface area (Å²) in [5, 5.41) is 2.32. The van der Waals surface area contributed by atoms with E-state index in [9.17, 15) is 0 Å². The molecule has 1 heterocycles. The van der Waals surface area contributed by atoms with Gasteiger partial charge in [0.05, 0.1) is 0 Å². The third kappa shape index (κ3) is 5.08. The zero-order chi connectivity index (χ0) is 28.5. The van der Waals surface area contributed by atoms with Crippen LogP contribution in [-0.2, 0) is 0 Å². The predicted molar refractivity (Wildman–Crippen MR) is 177 cm³/mol. The van der Waals surface area contributed by atoms with Crippen molar-refractivity contribution < 1.29 is 4.42 Å². The Morgan fingerprint density at radius 2 is 1.22 bits per heavy atom. The predicted octanol–water partition coefficient (Wildman–Crippen LogP) is 11.7. The molecule has 0 unspecified atom stereocenters. The van der Waals surface area contributed by atoms with E-state index in [1.807, 2.05) is 19.1 Å². The summed E-state index contributed by atoms with van der Waals surface area (Å²) in [6.45, 7) is 12.6. The number of hydrogen-bond acceptors (Lipinski definition) is 1.